The molecule has 4 nitrogen and oxygen atoms in total. The second-order valence-electron chi connectivity index (χ2n) is 5.40. The molecule has 1 heterocycles. The van der Waals surface area contributed by atoms with Gasteiger partial charge in [0.15, 0.2) is 5.96 Å². The van der Waals surface area contributed by atoms with Crippen molar-refractivity contribution in [1.29, 1.82) is 0 Å². The third kappa shape index (κ3) is 1.51. The van der Waals surface area contributed by atoms with E-state index in [1.165, 1.54) is 6.42 Å². The minimum Gasteiger partial charge on any atom is -0.341 e. The van der Waals surface area contributed by atoms with Gasteiger partial charge in [-0.1, -0.05) is 26.7 Å². The number of rotatable bonds is 1. The van der Waals surface area contributed by atoms with Crippen molar-refractivity contribution in [3.8, 4) is 0 Å². The summed E-state index contributed by atoms with van der Waals surface area (Å²) in [6.07, 6.45) is 4.33. The van der Waals surface area contributed by atoms with Gasteiger partial charge in [0.05, 0.1) is 0 Å². The van der Waals surface area contributed by atoms with Crippen LogP contribution in [-0.2, 0) is 4.79 Å². The number of carbonyl (C=O) groups excluding carboxylic acids is 1. The van der Waals surface area contributed by atoms with Crippen LogP contribution < -0.4 is 10.6 Å². The molecule has 1 spiro atoms. The molecule has 0 aromatic carbocycles. The van der Waals surface area contributed by atoms with Crippen molar-refractivity contribution in [3.05, 3.63) is 0 Å². The summed E-state index contributed by atoms with van der Waals surface area (Å²) in [6, 6.07) is 0. The molecule has 1 saturated heterocycles. The first-order valence-electron chi connectivity index (χ1n) is 6.16. The molecule has 1 saturated carbocycles. The number of guanidine groups is 1. The molecule has 90 valence electrons. The molecule has 2 aliphatic rings. The third-order valence-electron chi connectivity index (χ3n) is 4.03. The molecule has 0 bridgehead atoms. The van der Waals surface area contributed by atoms with Crippen molar-refractivity contribution >= 4 is 11.9 Å². The van der Waals surface area contributed by atoms with Gasteiger partial charge >= 0.3 is 0 Å². The number of aliphatic imine (C=N–C) groups is 1. The zero-order chi connectivity index (χ0) is 11.8. The monoisotopic (exact) mass is 223 g/mol. The van der Waals surface area contributed by atoms with E-state index >= 15 is 0 Å². The van der Waals surface area contributed by atoms with Crippen LogP contribution in [0.1, 0.15) is 46.5 Å². The minimum atomic E-state index is -0.431. The van der Waals surface area contributed by atoms with E-state index in [0.717, 1.165) is 19.3 Å². The topological polar surface area (TPSA) is 53.5 Å². The van der Waals surface area contributed by atoms with Gasteiger partial charge in [-0.25, -0.2) is 0 Å². The molecule has 4 heteroatoms. The van der Waals surface area contributed by atoms with Gasteiger partial charge in [0.25, 0.3) is 5.91 Å². The predicted octanol–water partition coefficient (Wildman–Crippen LogP) is 1.42. The van der Waals surface area contributed by atoms with Crippen LogP contribution in [-0.4, -0.2) is 24.0 Å². The molecule has 16 heavy (non-hydrogen) atoms. The van der Waals surface area contributed by atoms with Crippen molar-refractivity contribution < 1.29 is 4.79 Å². The maximum atomic E-state index is 12.2. The van der Waals surface area contributed by atoms with E-state index in [4.69, 9.17) is 0 Å². The molecule has 2 rings (SSSR count). The van der Waals surface area contributed by atoms with E-state index in [-0.39, 0.29) is 11.3 Å². The van der Waals surface area contributed by atoms with Gasteiger partial charge in [-0.2, -0.15) is 0 Å². The summed E-state index contributed by atoms with van der Waals surface area (Å²) in [6.45, 7) is 7.01. The van der Waals surface area contributed by atoms with Gasteiger partial charge in [0.2, 0.25) is 0 Å². The van der Waals surface area contributed by atoms with E-state index in [1.54, 1.807) is 0 Å². The average molecular weight is 223 g/mol. The zero-order valence-corrected chi connectivity index (χ0v) is 10.4. The first kappa shape index (κ1) is 11.4. The Morgan fingerprint density at radius 2 is 2.00 bits per heavy atom. The van der Waals surface area contributed by atoms with Crippen molar-refractivity contribution in [2.75, 3.05) is 6.54 Å². The number of nitrogens with one attached hydrogen (secondary N) is 2. The largest absolute Gasteiger partial charge is 0.341 e. The highest BCUT2D eigenvalue weighted by atomic mass is 16.2. The fraction of sp³-hybridized carbons (Fsp3) is 0.833. The molecule has 1 unspecified atom stereocenters. The van der Waals surface area contributed by atoms with Gasteiger partial charge in [0.1, 0.15) is 5.54 Å². The van der Waals surface area contributed by atoms with Gasteiger partial charge in [-0.15, -0.1) is 0 Å². The minimum absolute atomic E-state index is 0.000342. The summed E-state index contributed by atoms with van der Waals surface area (Å²) in [4.78, 5) is 16.5. The van der Waals surface area contributed by atoms with Gasteiger partial charge in [-0.3, -0.25) is 15.1 Å². The van der Waals surface area contributed by atoms with Crippen LogP contribution in [0.4, 0.5) is 0 Å². The summed E-state index contributed by atoms with van der Waals surface area (Å²) in [5.74, 6) is 0.756. The molecule has 1 amide bonds. The molecule has 0 aromatic heterocycles. The molecule has 1 aliphatic carbocycles. The molecular formula is C12H21N3O. The maximum absolute atomic E-state index is 12.2. The maximum Gasteiger partial charge on any atom is 0.252 e. The molecule has 2 N–H and O–H groups in total. The zero-order valence-electron chi connectivity index (χ0n) is 10.4. The molecular weight excluding hydrogens is 202 g/mol. The molecule has 2 fully saturated rings. The lowest BCUT2D eigenvalue weighted by Gasteiger charge is -2.45. The van der Waals surface area contributed by atoms with Gasteiger partial charge in [0, 0.05) is 6.54 Å². The Balaban J connectivity index is 2.30. The third-order valence-corrected chi connectivity index (χ3v) is 4.03. The Kier molecular flexibility index (Phi) is 2.68. The molecule has 0 aromatic rings. The van der Waals surface area contributed by atoms with E-state index < -0.39 is 5.54 Å². The Morgan fingerprint density at radius 1 is 1.31 bits per heavy atom. The number of carbonyl (C=O) groups is 1. The SMILES string of the molecule is CCN=C1NC(=O)C2(CCCCC2(C)C)N1. The van der Waals surface area contributed by atoms with Gasteiger partial charge in [-0.05, 0) is 25.2 Å². The summed E-state index contributed by atoms with van der Waals surface area (Å²) in [7, 11) is 0. The van der Waals surface area contributed by atoms with Crippen LogP contribution in [0, 0.1) is 5.41 Å². The lowest BCUT2D eigenvalue weighted by atomic mass is 9.63. The van der Waals surface area contributed by atoms with E-state index in [0.29, 0.717) is 12.5 Å². The van der Waals surface area contributed by atoms with Crippen molar-refractivity contribution in [2.45, 2.75) is 52.0 Å². The smallest absolute Gasteiger partial charge is 0.252 e. The highest BCUT2D eigenvalue weighted by Gasteiger charge is 2.56. The second kappa shape index (κ2) is 3.75. The first-order chi connectivity index (χ1) is 7.52. The fourth-order valence-corrected chi connectivity index (χ4v) is 2.90. The molecule has 1 aliphatic heterocycles. The Morgan fingerprint density at radius 3 is 2.62 bits per heavy atom. The van der Waals surface area contributed by atoms with Crippen LogP contribution in [0.25, 0.3) is 0 Å². The highest BCUT2D eigenvalue weighted by molar-refractivity contribution is 6.09. The van der Waals surface area contributed by atoms with Crippen LogP contribution in [0.3, 0.4) is 0 Å². The Bertz CT molecular complexity index is 335. The predicted molar refractivity (Wildman–Crippen MR) is 64.2 cm³/mol. The fourth-order valence-electron chi connectivity index (χ4n) is 2.90. The van der Waals surface area contributed by atoms with E-state index in [1.807, 2.05) is 6.92 Å². The van der Waals surface area contributed by atoms with E-state index in [2.05, 4.69) is 29.5 Å². The summed E-state index contributed by atoms with van der Waals surface area (Å²) >= 11 is 0. The summed E-state index contributed by atoms with van der Waals surface area (Å²) in [5.41, 5.74) is -0.431. The molecule has 0 radical (unpaired) electrons. The average Bonchev–Trinajstić information content (AvgIpc) is 2.51. The highest BCUT2D eigenvalue weighted by Crippen LogP contribution is 2.45. The normalized spacial score (nSPS) is 35.2. The van der Waals surface area contributed by atoms with Crippen LogP contribution >= 0.6 is 0 Å². The Labute approximate surface area is 96.9 Å². The number of hydrogen-bond donors (Lipinski definition) is 2. The number of nitrogens with zero attached hydrogens (tertiary/aromatic N) is 1. The Hall–Kier alpha value is -1.06. The van der Waals surface area contributed by atoms with Crippen molar-refractivity contribution in [3.63, 3.8) is 0 Å². The van der Waals surface area contributed by atoms with Crippen LogP contribution in [0.15, 0.2) is 4.99 Å². The number of hydrogen-bond acceptors (Lipinski definition) is 2. The summed E-state index contributed by atoms with van der Waals surface area (Å²) in [5, 5.41) is 6.21. The lowest BCUT2D eigenvalue weighted by molar-refractivity contribution is -0.130. The first-order valence-corrected chi connectivity index (χ1v) is 6.16. The second-order valence-corrected chi connectivity index (χ2v) is 5.40. The van der Waals surface area contributed by atoms with Crippen LogP contribution in [0.2, 0.25) is 0 Å². The number of amides is 1. The van der Waals surface area contributed by atoms with Gasteiger partial charge < -0.3 is 5.32 Å². The standard InChI is InChI=1S/C12H21N3O/c1-4-13-10-14-9(16)12(15-10)8-6-5-7-11(12,2)3/h4-8H2,1-3H3,(H2,13,14,15,16). The molecule has 1 atom stereocenters. The summed E-state index contributed by atoms with van der Waals surface area (Å²) < 4.78 is 0. The van der Waals surface area contributed by atoms with Crippen molar-refractivity contribution in [1.82, 2.24) is 10.6 Å². The van der Waals surface area contributed by atoms with Crippen LogP contribution in [0.5, 0.6) is 0 Å². The lowest BCUT2D eigenvalue weighted by Crippen LogP contribution is -2.59. The van der Waals surface area contributed by atoms with E-state index in [9.17, 15) is 4.79 Å². The quantitative estimate of drug-likeness (QED) is 0.706. The van der Waals surface area contributed by atoms with Crippen molar-refractivity contribution in [2.24, 2.45) is 10.4 Å².